The molecule has 6 heteroatoms. The van der Waals surface area contributed by atoms with Crippen molar-refractivity contribution in [3.63, 3.8) is 0 Å². The molecule has 0 saturated heterocycles. The van der Waals surface area contributed by atoms with Crippen LogP contribution in [-0.4, -0.2) is 22.0 Å². The van der Waals surface area contributed by atoms with Crippen molar-refractivity contribution in [1.82, 2.24) is 9.55 Å². The molecule has 0 aliphatic rings. The third-order valence-corrected chi connectivity index (χ3v) is 2.70. The number of nitrogens with two attached hydrogens (primary N) is 1. The van der Waals surface area contributed by atoms with Crippen LogP contribution in [0.5, 0.6) is 0 Å². The van der Waals surface area contributed by atoms with Crippen molar-refractivity contribution in [2.75, 3.05) is 11.9 Å². The van der Waals surface area contributed by atoms with Crippen LogP contribution in [-0.2, 0) is 6.54 Å². The number of carbonyl (C=O) groups is 1. The van der Waals surface area contributed by atoms with Crippen molar-refractivity contribution in [1.29, 1.82) is 0 Å². The van der Waals surface area contributed by atoms with E-state index in [0.29, 0.717) is 18.8 Å². The lowest BCUT2D eigenvalue weighted by Crippen LogP contribution is -2.13. The van der Waals surface area contributed by atoms with Crippen molar-refractivity contribution < 1.29 is 9.18 Å². The molecule has 0 aliphatic carbocycles. The summed E-state index contributed by atoms with van der Waals surface area (Å²) in [4.78, 5) is 15.9. The zero-order chi connectivity index (χ0) is 13.8. The fourth-order valence-corrected chi connectivity index (χ4v) is 1.66. The molecule has 100 valence electrons. The molecule has 0 radical (unpaired) electrons. The number of imidazole rings is 1. The number of nitrogens with one attached hydrogen (secondary N) is 1. The van der Waals surface area contributed by atoms with Gasteiger partial charge in [0.25, 0.3) is 5.91 Å². The van der Waals surface area contributed by atoms with E-state index in [1.807, 2.05) is 0 Å². The molecule has 0 saturated carbocycles. The number of anilines is 1. The summed E-state index contributed by atoms with van der Waals surface area (Å²) in [7, 11) is 0. The van der Waals surface area contributed by atoms with Gasteiger partial charge in [-0.2, -0.15) is 0 Å². The first-order valence-corrected chi connectivity index (χ1v) is 5.89. The molecule has 0 spiro atoms. The van der Waals surface area contributed by atoms with E-state index in [0.717, 1.165) is 5.56 Å². The average Bonchev–Trinajstić information content (AvgIpc) is 2.83. The minimum atomic E-state index is -0.394. The monoisotopic (exact) mass is 262 g/mol. The lowest BCUT2D eigenvalue weighted by Gasteiger charge is -2.06. The second-order valence-electron chi connectivity index (χ2n) is 4.20. The largest absolute Gasteiger partial charge is 0.335 e. The summed E-state index contributed by atoms with van der Waals surface area (Å²) in [6, 6.07) is 4.24. The van der Waals surface area contributed by atoms with Gasteiger partial charge in [0.2, 0.25) is 0 Å². The Kier molecular flexibility index (Phi) is 3.91. The molecule has 0 bridgehead atoms. The summed E-state index contributed by atoms with van der Waals surface area (Å²) >= 11 is 0. The maximum absolute atomic E-state index is 13.1. The lowest BCUT2D eigenvalue weighted by atomic mass is 10.2. The third-order valence-electron chi connectivity index (χ3n) is 2.70. The summed E-state index contributed by atoms with van der Waals surface area (Å²) < 4.78 is 14.8. The normalized spacial score (nSPS) is 10.5. The van der Waals surface area contributed by atoms with Crippen LogP contribution < -0.4 is 11.1 Å². The van der Waals surface area contributed by atoms with E-state index >= 15 is 0 Å². The van der Waals surface area contributed by atoms with Gasteiger partial charge in [0, 0.05) is 25.0 Å². The minimum absolute atomic E-state index is 0.275. The third kappa shape index (κ3) is 3.17. The molecule has 2 rings (SSSR count). The highest BCUT2D eigenvalue weighted by Crippen LogP contribution is 2.16. The maximum Gasteiger partial charge on any atom is 0.275 e. The van der Waals surface area contributed by atoms with Gasteiger partial charge in [0.15, 0.2) is 0 Å². The molecule has 1 heterocycles. The van der Waals surface area contributed by atoms with Gasteiger partial charge in [0.1, 0.15) is 11.5 Å². The first-order valence-electron chi connectivity index (χ1n) is 5.89. The summed E-state index contributed by atoms with van der Waals surface area (Å²) in [5.41, 5.74) is 6.92. The van der Waals surface area contributed by atoms with Crippen molar-refractivity contribution >= 4 is 11.6 Å². The van der Waals surface area contributed by atoms with Crippen LogP contribution in [0.3, 0.4) is 0 Å². The van der Waals surface area contributed by atoms with Crippen molar-refractivity contribution in [2.24, 2.45) is 5.73 Å². The molecule has 1 aromatic carbocycles. The van der Waals surface area contributed by atoms with E-state index in [4.69, 9.17) is 5.73 Å². The fraction of sp³-hybridized carbons (Fsp3) is 0.231. The van der Waals surface area contributed by atoms with Gasteiger partial charge in [-0.15, -0.1) is 0 Å². The predicted octanol–water partition coefficient (Wildman–Crippen LogP) is 1.54. The predicted molar refractivity (Wildman–Crippen MR) is 70.4 cm³/mol. The van der Waals surface area contributed by atoms with E-state index in [9.17, 15) is 9.18 Å². The van der Waals surface area contributed by atoms with Crippen LogP contribution in [0.25, 0.3) is 0 Å². The van der Waals surface area contributed by atoms with Crippen molar-refractivity contribution in [3.8, 4) is 0 Å². The molecule has 0 atom stereocenters. The Hall–Kier alpha value is -2.21. The quantitative estimate of drug-likeness (QED) is 0.877. The van der Waals surface area contributed by atoms with E-state index in [1.54, 1.807) is 30.1 Å². The van der Waals surface area contributed by atoms with Crippen LogP contribution in [0.15, 0.2) is 30.7 Å². The molecular formula is C13H15FN4O. The summed E-state index contributed by atoms with van der Waals surface area (Å²) in [6.07, 6.45) is 3.15. The van der Waals surface area contributed by atoms with Gasteiger partial charge >= 0.3 is 0 Å². The number of benzene rings is 1. The molecule has 19 heavy (non-hydrogen) atoms. The number of aromatic nitrogens is 2. The number of aryl methyl sites for hydroxylation is 1. The zero-order valence-corrected chi connectivity index (χ0v) is 10.6. The molecule has 0 fully saturated rings. The van der Waals surface area contributed by atoms with Crippen molar-refractivity contribution in [2.45, 2.75) is 13.5 Å². The zero-order valence-electron chi connectivity index (χ0n) is 10.6. The molecule has 1 aromatic heterocycles. The topological polar surface area (TPSA) is 72.9 Å². The second-order valence-corrected chi connectivity index (χ2v) is 4.20. The molecule has 2 aromatic rings. The van der Waals surface area contributed by atoms with Gasteiger partial charge in [-0.3, -0.25) is 4.79 Å². The van der Waals surface area contributed by atoms with Crippen LogP contribution >= 0.6 is 0 Å². The Morgan fingerprint density at radius 3 is 3.05 bits per heavy atom. The smallest absolute Gasteiger partial charge is 0.275 e. The van der Waals surface area contributed by atoms with Crippen LogP contribution in [0, 0.1) is 12.7 Å². The van der Waals surface area contributed by atoms with E-state index in [2.05, 4.69) is 10.3 Å². The second kappa shape index (κ2) is 5.62. The number of hydrogen-bond donors (Lipinski definition) is 2. The van der Waals surface area contributed by atoms with E-state index in [-0.39, 0.29) is 11.6 Å². The number of hydrogen-bond acceptors (Lipinski definition) is 3. The molecule has 3 N–H and O–H groups in total. The van der Waals surface area contributed by atoms with Crippen LogP contribution in [0.2, 0.25) is 0 Å². The Morgan fingerprint density at radius 1 is 1.53 bits per heavy atom. The molecular weight excluding hydrogens is 247 g/mol. The van der Waals surface area contributed by atoms with Gasteiger partial charge < -0.3 is 15.6 Å². The Morgan fingerprint density at radius 2 is 2.32 bits per heavy atom. The van der Waals surface area contributed by atoms with Gasteiger partial charge in [-0.1, -0.05) is 6.07 Å². The average molecular weight is 262 g/mol. The Balaban J connectivity index is 2.13. The highest BCUT2D eigenvalue weighted by Gasteiger charge is 2.11. The Bertz CT molecular complexity index is 594. The first kappa shape index (κ1) is 13.2. The van der Waals surface area contributed by atoms with Gasteiger partial charge in [0.05, 0.1) is 6.33 Å². The number of nitrogens with zero attached hydrogens (tertiary/aromatic N) is 2. The van der Waals surface area contributed by atoms with Gasteiger partial charge in [-0.05, 0) is 24.6 Å². The van der Waals surface area contributed by atoms with Crippen LogP contribution in [0.4, 0.5) is 10.1 Å². The molecule has 1 amide bonds. The standard InChI is InChI=1S/C13H15FN4O/c1-9-2-3-10(14)6-11(9)17-13(19)12-7-18(5-4-15)8-16-12/h2-3,6-8H,4-5,15H2,1H3,(H,17,19). The van der Waals surface area contributed by atoms with Crippen molar-refractivity contribution in [3.05, 3.63) is 47.8 Å². The maximum atomic E-state index is 13.1. The number of rotatable bonds is 4. The number of carbonyl (C=O) groups excluding carboxylic acids is 1. The highest BCUT2D eigenvalue weighted by molar-refractivity contribution is 6.03. The first-order chi connectivity index (χ1) is 9.10. The lowest BCUT2D eigenvalue weighted by molar-refractivity contribution is 0.102. The van der Waals surface area contributed by atoms with Gasteiger partial charge in [-0.25, -0.2) is 9.37 Å². The fourth-order valence-electron chi connectivity index (χ4n) is 1.66. The summed E-state index contributed by atoms with van der Waals surface area (Å²) in [6.45, 7) is 2.86. The summed E-state index contributed by atoms with van der Waals surface area (Å²) in [5.74, 6) is -0.765. The number of halogens is 1. The Labute approximate surface area is 110 Å². The van der Waals surface area contributed by atoms with Crippen LogP contribution in [0.1, 0.15) is 16.1 Å². The molecule has 0 aliphatic heterocycles. The SMILES string of the molecule is Cc1ccc(F)cc1NC(=O)c1cn(CCN)cn1. The van der Waals surface area contributed by atoms with E-state index < -0.39 is 5.82 Å². The number of amides is 1. The molecule has 0 unspecified atom stereocenters. The molecule has 5 nitrogen and oxygen atoms in total. The highest BCUT2D eigenvalue weighted by atomic mass is 19.1. The summed E-state index contributed by atoms with van der Waals surface area (Å²) in [5, 5.41) is 2.64. The van der Waals surface area contributed by atoms with E-state index in [1.165, 1.54) is 12.1 Å². The minimum Gasteiger partial charge on any atom is -0.335 e.